The number of carbonyl (C=O) groups excluding carboxylic acids is 2. The second-order valence-corrected chi connectivity index (χ2v) is 14.8. The summed E-state index contributed by atoms with van der Waals surface area (Å²) in [5, 5.41) is 2.26. The molecule has 0 saturated heterocycles. The number of carbonyl (C=O) groups is 2. The highest BCUT2D eigenvalue weighted by Gasteiger charge is 2.37. The molecule has 0 spiro atoms. The zero-order valence-corrected chi connectivity index (χ0v) is 22.2. The fraction of sp³-hybridized carbons (Fsp3) is 0.385. The maximum Gasteiger partial charge on any atom is 0.280 e. The van der Waals surface area contributed by atoms with Crippen LogP contribution in [0.4, 0.5) is 8.78 Å². The largest absolute Gasteiger partial charge is 0.481 e. The Morgan fingerprint density at radius 1 is 1.19 bits per heavy atom. The first-order valence-electron chi connectivity index (χ1n) is 12.1. The number of methoxy groups -OCH3 is 1. The van der Waals surface area contributed by atoms with E-state index in [0.717, 1.165) is 0 Å². The molecule has 0 unspecified atom stereocenters. The molecule has 2 aromatic heterocycles. The van der Waals surface area contributed by atoms with Crippen LogP contribution in [0.1, 0.15) is 35.5 Å². The lowest BCUT2D eigenvalue weighted by atomic mass is 9.90. The van der Waals surface area contributed by atoms with Gasteiger partial charge in [-0.15, -0.1) is 0 Å². The van der Waals surface area contributed by atoms with Crippen molar-refractivity contribution in [3.8, 4) is 5.88 Å². The molecule has 1 aliphatic heterocycles. The minimum Gasteiger partial charge on any atom is -0.481 e. The van der Waals surface area contributed by atoms with Crippen molar-refractivity contribution >= 4 is 25.0 Å². The second kappa shape index (κ2) is 10.4. The van der Waals surface area contributed by atoms with Gasteiger partial charge in [-0.05, 0) is 23.8 Å². The molecule has 1 aromatic carbocycles. The van der Waals surface area contributed by atoms with E-state index in [0.29, 0.717) is 29.6 Å². The maximum absolute atomic E-state index is 15.0. The number of hydrogen-bond donors (Lipinski definition) is 1. The van der Waals surface area contributed by atoms with Crippen LogP contribution in [0.2, 0.25) is 19.1 Å². The van der Waals surface area contributed by atoms with Crippen molar-refractivity contribution in [2.75, 3.05) is 13.7 Å². The Morgan fingerprint density at radius 3 is 2.49 bits per heavy atom. The van der Waals surface area contributed by atoms with Crippen molar-refractivity contribution < 1.29 is 27.6 Å². The molecule has 1 N–H and O–H groups in total. The van der Waals surface area contributed by atoms with Crippen LogP contribution in [0.15, 0.2) is 39.6 Å². The smallest absolute Gasteiger partial charge is 0.280 e. The Balaban J connectivity index is 1.68. The van der Waals surface area contributed by atoms with Gasteiger partial charge in [0.1, 0.15) is 23.4 Å². The number of pyridine rings is 1. The van der Waals surface area contributed by atoms with Crippen molar-refractivity contribution in [1.82, 2.24) is 15.0 Å². The molecule has 0 fully saturated rings. The summed E-state index contributed by atoms with van der Waals surface area (Å²) in [6, 6.07) is 6.55. The summed E-state index contributed by atoms with van der Waals surface area (Å²) in [6.07, 6.45) is -0.120. The molecule has 1 amide bonds. The van der Waals surface area contributed by atoms with Crippen LogP contribution in [0.25, 0.3) is 0 Å². The summed E-state index contributed by atoms with van der Waals surface area (Å²) in [4.78, 5) is 44.1. The van der Waals surface area contributed by atoms with Gasteiger partial charge in [0.2, 0.25) is 11.8 Å². The third kappa shape index (κ3) is 5.41. The number of nitrogens with zero attached hydrogens (tertiary/aromatic N) is 2. The monoisotopic (exact) mass is 529 g/mol. The average molecular weight is 530 g/mol. The van der Waals surface area contributed by atoms with E-state index >= 15 is 8.78 Å². The van der Waals surface area contributed by atoms with Crippen molar-refractivity contribution in [3.05, 3.63) is 74.9 Å². The fourth-order valence-corrected chi connectivity index (χ4v) is 6.49. The van der Waals surface area contributed by atoms with Crippen molar-refractivity contribution in [1.29, 1.82) is 0 Å². The molecule has 4 rings (SSSR count). The summed E-state index contributed by atoms with van der Waals surface area (Å²) >= 11 is 0. The average Bonchev–Trinajstić information content (AvgIpc) is 3.26. The molecule has 11 heteroatoms. The number of fused-ring (bicyclic) bond motifs is 1. The maximum atomic E-state index is 15.0. The van der Waals surface area contributed by atoms with Crippen molar-refractivity contribution in [3.63, 3.8) is 0 Å². The van der Waals surface area contributed by atoms with Crippen LogP contribution in [0, 0.1) is 11.6 Å². The van der Waals surface area contributed by atoms with Crippen LogP contribution in [0.5, 0.6) is 5.88 Å². The zero-order chi connectivity index (χ0) is 26.9. The molecular weight excluding hydrogens is 500 g/mol. The highest BCUT2D eigenvalue weighted by molar-refractivity contribution is 6.89. The third-order valence-corrected chi connectivity index (χ3v) is 10.6. The molecule has 37 heavy (non-hydrogen) atoms. The van der Waals surface area contributed by atoms with Gasteiger partial charge in [-0.25, -0.2) is 13.8 Å². The van der Waals surface area contributed by atoms with E-state index in [4.69, 9.17) is 9.26 Å². The summed E-state index contributed by atoms with van der Waals surface area (Å²) in [5.74, 6) is -1.61. The topological polar surface area (TPSA) is 105 Å². The molecule has 8 nitrogen and oxygen atoms in total. The van der Waals surface area contributed by atoms with E-state index in [1.807, 2.05) is 20.0 Å². The zero-order valence-electron chi connectivity index (χ0n) is 21.2. The number of H-pyrrole nitrogens is 1. The van der Waals surface area contributed by atoms with Crippen LogP contribution in [-0.4, -0.2) is 48.5 Å². The Morgan fingerprint density at radius 2 is 1.89 bits per heavy atom. The first kappa shape index (κ1) is 26.5. The molecule has 0 bridgehead atoms. The van der Waals surface area contributed by atoms with Crippen LogP contribution >= 0.6 is 0 Å². The molecule has 0 saturated carbocycles. The number of Topliss-reactive ketones (excluding diaryl/α,β-unsaturated/α-hetero) is 1. The lowest BCUT2D eigenvalue weighted by Crippen LogP contribution is -2.45. The lowest BCUT2D eigenvalue weighted by molar-refractivity contribution is -0.140. The third-order valence-electron chi connectivity index (χ3n) is 6.96. The van der Waals surface area contributed by atoms with Gasteiger partial charge >= 0.3 is 0 Å². The number of ether oxygens (including phenoxy) is 1. The Bertz CT molecular complexity index is 1380. The number of aromatic nitrogens is 2. The minimum absolute atomic E-state index is 0.121. The molecule has 3 aromatic rings. The number of amides is 1. The molecule has 1 atom stereocenters. The van der Waals surface area contributed by atoms with Crippen molar-refractivity contribution in [2.45, 2.75) is 51.4 Å². The number of nitrogens with one attached hydrogen (secondary N) is 1. The molecule has 0 aliphatic carbocycles. The standard InChI is InChI=1S/C26H29F2N3O5Si/c1-5-37(3,4)26-18(27)10-15(11-19(26)28)12-21(32)25-17-6-7-23(35-2)29-20(17)8-9-31(25)24(34)14-16-13-22(33)30-36-16/h6-7,10-11,13,25H,5,8-9,12,14H2,1-4H3,(H,30,33)/t25-/m1/s1. The predicted molar refractivity (Wildman–Crippen MR) is 135 cm³/mol. The molecule has 0 radical (unpaired) electrons. The van der Waals surface area contributed by atoms with Gasteiger partial charge in [0.05, 0.1) is 27.3 Å². The van der Waals surface area contributed by atoms with E-state index < -0.39 is 43.0 Å². The summed E-state index contributed by atoms with van der Waals surface area (Å²) in [7, 11) is -0.815. The predicted octanol–water partition coefficient (Wildman–Crippen LogP) is 3.07. The molecular formula is C26H29F2N3O5Si. The summed E-state index contributed by atoms with van der Waals surface area (Å²) in [6.45, 7) is 5.90. The van der Waals surface area contributed by atoms with E-state index in [1.54, 1.807) is 12.1 Å². The highest BCUT2D eigenvalue weighted by atomic mass is 28.3. The first-order chi connectivity index (χ1) is 17.5. The van der Waals surface area contributed by atoms with E-state index in [-0.39, 0.29) is 35.9 Å². The lowest BCUT2D eigenvalue weighted by Gasteiger charge is -2.36. The number of rotatable bonds is 8. The number of benzene rings is 1. The fourth-order valence-electron chi connectivity index (χ4n) is 4.70. The number of ketones is 1. The second-order valence-electron chi connectivity index (χ2n) is 9.80. The number of halogens is 2. The van der Waals surface area contributed by atoms with Crippen LogP contribution in [-0.2, 0) is 28.9 Å². The normalized spacial score (nSPS) is 15.4. The van der Waals surface area contributed by atoms with Gasteiger partial charge in [0, 0.05) is 42.3 Å². The summed E-state index contributed by atoms with van der Waals surface area (Å²) in [5.41, 5.74) is 0.858. The number of hydrogen-bond acceptors (Lipinski definition) is 6. The van der Waals surface area contributed by atoms with Gasteiger partial charge in [0.15, 0.2) is 5.78 Å². The van der Waals surface area contributed by atoms with Gasteiger partial charge in [-0.2, -0.15) is 5.16 Å². The van der Waals surface area contributed by atoms with Gasteiger partial charge in [-0.1, -0.05) is 26.1 Å². The quantitative estimate of drug-likeness (QED) is 0.450. The van der Waals surface area contributed by atoms with Crippen molar-refractivity contribution in [2.24, 2.45) is 0 Å². The van der Waals surface area contributed by atoms with E-state index in [1.165, 1.54) is 30.2 Å². The molecule has 196 valence electrons. The van der Waals surface area contributed by atoms with Gasteiger partial charge in [0.25, 0.3) is 5.56 Å². The SMILES string of the molecule is CC[Si](C)(C)c1c(F)cc(CC(=O)[C@H]2c3ccc(OC)nc3CCN2C(=O)Cc2cc(=O)[nH]o2)cc1F. The van der Waals surface area contributed by atoms with Crippen LogP contribution < -0.4 is 15.5 Å². The Labute approximate surface area is 213 Å². The van der Waals surface area contributed by atoms with Gasteiger partial charge in [-0.3, -0.25) is 14.4 Å². The highest BCUT2D eigenvalue weighted by Crippen LogP contribution is 2.32. The number of aromatic amines is 1. The van der Waals surface area contributed by atoms with Crippen LogP contribution in [0.3, 0.4) is 0 Å². The van der Waals surface area contributed by atoms with E-state index in [9.17, 15) is 14.4 Å². The molecule has 1 aliphatic rings. The molecule has 3 heterocycles. The minimum atomic E-state index is -2.30. The Hall–Kier alpha value is -3.60. The first-order valence-corrected chi connectivity index (χ1v) is 15.3. The summed E-state index contributed by atoms with van der Waals surface area (Å²) < 4.78 is 40.2. The van der Waals surface area contributed by atoms with Gasteiger partial charge < -0.3 is 14.2 Å². The Kier molecular flexibility index (Phi) is 7.44. The van der Waals surface area contributed by atoms with E-state index in [2.05, 4.69) is 10.1 Å².